The lowest BCUT2D eigenvalue weighted by molar-refractivity contribution is -0.127. The van der Waals surface area contributed by atoms with Crippen LogP contribution in [0.25, 0.3) is 10.9 Å². The Balaban J connectivity index is 1.82. The molecule has 1 amide bonds. The van der Waals surface area contributed by atoms with Crippen molar-refractivity contribution in [3.8, 4) is 0 Å². The molecule has 0 N–H and O–H groups in total. The van der Waals surface area contributed by atoms with Gasteiger partial charge >= 0.3 is 0 Å². The van der Waals surface area contributed by atoms with Crippen LogP contribution in [0.2, 0.25) is 0 Å². The number of hydrogen-bond acceptors (Lipinski definition) is 3. The van der Waals surface area contributed by atoms with E-state index in [-0.39, 0.29) is 5.91 Å². The summed E-state index contributed by atoms with van der Waals surface area (Å²) in [6, 6.07) is 8.49. The number of rotatable bonds is 4. The third-order valence-corrected chi connectivity index (χ3v) is 5.28. The van der Waals surface area contributed by atoms with E-state index in [4.69, 9.17) is 4.98 Å². The number of carbonyl (C=O) groups is 1. The molecule has 22 heavy (non-hydrogen) atoms. The van der Waals surface area contributed by atoms with Crippen LogP contribution in [0.15, 0.2) is 29.3 Å². The highest BCUT2D eigenvalue weighted by Crippen LogP contribution is 2.27. The fraction of sp³-hybridized carbons (Fsp3) is 0.444. The van der Waals surface area contributed by atoms with Crippen molar-refractivity contribution in [1.29, 1.82) is 0 Å². The van der Waals surface area contributed by atoms with Crippen LogP contribution in [0, 0.1) is 6.92 Å². The van der Waals surface area contributed by atoms with E-state index in [1.54, 1.807) is 11.8 Å². The summed E-state index contributed by atoms with van der Waals surface area (Å²) in [7, 11) is 0. The summed E-state index contributed by atoms with van der Waals surface area (Å²) in [4.78, 5) is 19.0. The van der Waals surface area contributed by atoms with Gasteiger partial charge < -0.3 is 4.90 Å². The standard InChI is InChI=1S/C18H22N2OS/c1-3-14-11-15-8-6-7-13(2)17(15)19-18(14)22-12-16(21)20-9-4-5-10-20/h6-8,11H,3-5,9-10,12H2,1-2H3. The van der Waals surface area contributed by atoms with Crippen LogP contribution in [0.4, 0.5) is 0 Å². The van der Waals surface area contributed by atoms with Crippen LogP contribution < -0.4 is 0 Å². The molecule has 0 atom stereocenters. The first-order valence-corrected chi connectivity index (χ1v) is 8.97. The van der Waals surface area contributed by atoms with Gasteiger partial charge in [-0.2, -0.15) is 0 Å². The van der Waals surface area contributed by atoms with Gasteiger partial charge in [-0.15, -0.1) is 0 Å². The van der Waals surface area contributed by atoms with Crippen LogP contribution in [0.3, 0.4) is 0 Å². The number of benzene rings is 1. The summed E-state index contributed by atoms with van der Waals surface area (Å²) < 4.78 is 0. The maximum atomic E-state index is 12.2. The van der Waals surface area contributed by atoms with Crippen molar-refractivity contribution >= 4 is 28.6 Å². The number of aromatic nitrogens is 1. The average molecular weight is 314 g/mol. The maximum absolute atomic E-state index is 12.2. The van der Waals surface area contributed by atoms with Crippen LogP contribution in [-0.2, 0) is 11.2 Å². The molecule has 0 bridgehead atoms. The van der Waals surface area contributed by atoms with Gasteiger partial charge in [0.2, 0.25) is 5.91 Å². The molecule has 4 heteroatoms. The molecular weight excluding hydrogens is 292 g/mol. The molecule has 1 saturated heterocycles. The van der Waals surface area contributed by atoms with Crippen LogP contribution in [-0.4, -0.2) is 34.6 Å². The Bertz CT molecular complexity index is 693. The Morgan fingerprint density at radius 3 is 2.82 bits per heavy atom. The molecule has 0 aliphatic carbocycles. The first-order valence-electron chi connectivity index (χ1n) is 7.99. The first kappa shape index (κ1) is 15.3. The van der Waals surface area contributed by atoms with E-state index in [9.17, 15) is 4.79 Å². The minimum atomic E-state index is 0.247. The minimum absolute atomic E-state index is 0.247. The van der Waals surface area contributed by atoms with Crippen LogP contribution in [0.1, 0.15) is 30.9 Å². The summed E-state index contributed by atoms with van der Waals surface area (Å²) in [6.45, 7) is 6.07. The number of likely N-dealkylation sites (tertiary alicyclic amines) is 1. The molecule has 0 saturated carbocycles. The zero-order valence-corrected chi connectivity index (χ0v) is 14.1. The predicted molar refractivity (Wildman–Crippen MR) is 92.4 cm³/mol. The molecule has 1 aromatic heterocycles. The number of nitrogens with zero attached hydrogens (tertiary/aromatic N) is 2. The molecule has 0 unspecified atom stereocenters. The van der Waals surface area contributed by atoms with Gasteiger partial charge in [0.1, 0.15) is 5.03 Å². The van der Waals surface area contributed by atoms with Crippen molar-refractivity contribution in [3.63, 3.8) is 0 Å². The normalized spacial score (nSPS) is 14.7. The fourth-order valence-corrected chi connectivity index (χ4v) is 3.93. The summed E-state index contributed by atoms with van der Waals surface area (Å²) >= 11 is 1.59. The average Bonchev–Trinajstić information content (AvgIpc) is 3.07. The maximum Gasteiger partial charge on any atom is 0.232 e. The van der Waals surface area contributed by atoms with E-state index in [2.05, 4.69) is 38.1 Å². The Hall–Kier alpha value is -1.55. The van der Waals surface area contributed by atoms with Gasteiger partial charge in [-0.25, -0.2) is 4.98 Å². The van der Waals surface area contributed by atoms with Crippen molar-refractivity contribution in [2.24, 2.45) is 0 Å². The summed E-state index contributed by atoms with van der Waals surface area (Å²) in [5.74, 6) is 0.744. The van der Waals surface area contributed by atoms with Gasteiger partial charge in [0.05, 0.1) is 11.3 Å². The molecule has 1 aliphatic rings. The highest BCUT2D eigenvalue weighted by molar-refractivity contribution is 7.99. The Labute approximate surface area is 136 Å². The number of thioether (sulfide) groups is 1. The second-order valence-corrected chi connectivity index (χ2v) is 6.79. The molecular formula is C18H22N2OS. The zero-order chi connectivity index (χ0) is 15.5. The number of aryl methyl sites for hydroxylation is 2. The second-order valence-electron chi connectivity index (χ2n) is 5.83. The van der Waals surface area contributed by atoms with E-state index in [1.165, 1.54) is 16.5 Å². The number of hydrogen-bond donors (Lipinski definition) is 0. The number of fused-ring (bicyclic) bond motifs is 1. The lowest BCUT2D eigenvalue weighted by atomic mass is 10.1. The smallest absolute Gasteiger partial charge is 0.232 e. The number of para-hydroxylation sites is 1. The van der Waals surface area contributed by atoms with E-state index >= 15 is 0 Å². The van der Waals surface area contributed by atoms with Gasteiger partial charge in [-0.1, -0.05) is 36.9 Å². The lowest BCUT2D eigenvalue weighted by Gasteiger charge is -2.15. The summed E-state index contributed by atoms with van der Waals surface area (Å²) in [6.07, 6.45) is 3.23. The highest BCUT2D eigenvalue weighted by Gasteiger charge is 2.18. The number of carbonyl (C=O) groups excluding carboxylic acids is 1. The number of amides is 1. The molecule has 1 fully saturated rings. The van der Waals surface area contributed by atoms with Crippen molar-refractivity contribution in [2.45, 2.75) is 38.1 Å². The van der Waals surface area contributed by atoms with Crippen molar-refractivity contribution in [2.75, 3.05) is 18.8 Å². The second kappa shape index (κ2) is 6.69. The van der Waals surface area contributed by atoms with Crippen molar-refractivity contribution < 1.29 is 4.79 Å². The molecule has 2 aromatic rings. The molecule has 1 aromatic carbocycles. The minimum Gasteiger partial charge on any atom is -0.342 e. The van der Waals surface area contributed by atoms with Crippen molar-refractivity contribution in [1.82, 2.24) is 9.88 Å². The topological polar surface area (TPSA) is 33.2 Å². The molecule has 3 rings (SSSR count). The van der Waals surface area contributed by atoms with Crippen molar-refractivity contribution in [3.05, 3.63) is 35.4 Å². The summed E-state index contributed by atoms with van der Waals surface area (Å²) in [5.41, 5.74) is 3.47. The van der Waals surface area contributed by atoms with Gasteiger partial charge in [0.25, 0.3) is 0 Å². The SMILES string of the molecule is CCc1cc2cccc(C)c2nc1SCC(=O)N1CCCC1. The predicted octanol–water partition coefficient (Wildman–Crippen LogP) is 3.82. The van der Waals surface area contributed by atoms with E-state index < -0.39 is 0 Å². The van der Waals surface area contributed by atoms with E-state index in [0.717, 1.165) is 42.9 Å². The van der Waals surface area contributed by atoms with Crippen LogP contribution in [0.5, 0.6) is 0 Å². The zero-order valence-electron chi connectivity index (χ0n) is 13.3. The van der Waals surface area contributed by atoms with E-state index in [0.29, 0.717) is 5.75 Å². The van der Waals surface area contributed by atoms with Gasteiger partial charge in [0, 0.05) is 18.5 Å². The largest absolute Gasteiger partial charge is 0.342 e. The Morgan fingerprint density at radius 1 is 1.32 bits per heavy atom. The van der Waals surface area contributed by atoms with Gasteiger partial charge in [-0.05, 0) is 43.4 Å². The van der Waals surface area contributed by atoms with E-state index in [1.807, 2.05) is 4.90 Å². The monoisotopic (exact) mass is 314 g/mol. The summed E-state index contributed by atoms with van der Waals surface area (Å²) in [5, 5.41) is 2.20. The van der Waals surface area contributed by atoms with Crippen LogP contribution >= 0.6 is 11.8 Å². The molecule has 1 aliphatic heterocycles. The fourth-order valence-electron chi connectivity index (χ4n) is 2.94. The number of pyridine rings is 1. The highest BCUT2D eigenvalue weighted by atomic mass is 32.2. The Morgan fingerprint density at radius 2 is 2.09 bits per heavy atom. The quantitative estimate of drug-likeness (QED) is 0.804. The molecule has 3 nitrogen and oxygen atoms in total. The molecule has 0 spiro atoms. The molecule has 116 valence electrons. The first-order chi connectivity index (χ1) is 10.7. The third-order valence-electron chi connectivity index (χ3n) is 4.26. The van der Waals surface area contributed by atoms with Gasteiger partial charge in [-0.3, -0.25) is 4.79 Å². The molecule has 2 heterocycles. The lowest BCUT2D eigenvalue weighted by Crippen LogP contribution is -2.29. The molecule has 0 radical (unpaired) electrons. The Kier molecular flexibility index (Phi) is 4.67. The third kappa shape index (κ3) is 3.12. The van der Waals surface area contributed by atoms with Gasteiger partial charge in [0.15, 0.2) is 0 Å².